The molecule has 0 aromatic heterocycles. The zero-order valence-electron chi connectivity index (χ0n) is 9.59. The lowest BCUT2D eigenvalue weighted by atomic mass is 10.1. The number of carbonyl (C=O) groups is 1. The van der Waals surface area contributed by atoms with Crippen LogP contribution in [-0.4, -0.2) is 11.9 Å². The Morgan fingerprint density at radius 2 is 2.25 bits per heavy atom. The van der Waals surface area contributed by atoms with Crippen molar-refractivity contribution in [3.63, 3.8) is 0 Å². The van der Waals surface area contributed by atoms with Gasteiger partial charge in [0, 0.05) is 10.2 Å². The number of carbonyl (C=O) groups excluding carboxylic acids is 1. The summed E-state index contributed by atoms with van der Waals surface area (Å²) >= 11 is 3.37. The second-order valence-corrected chi connectivity index (χ2v) is 4.76. The number of nitrogens with two attached hydrogens (primary N) is 1. The number of aryl methyl sites for hydroxylation is 1. The highest BCUT2D eigenvalue weighted by Crippen LogP contribution is 2.20. The summed E-state index contributed by atoms with van der Waals surface area (Å²) in [5.41, 5.74) is 7.58. The largest absolute Gasteiger partial charge is 0.324 e. The van der Waals surface area contributed by atoms with Crippen LogP contribution in [0.5, 0.6) is 0 Å². The molecule has 0 aliphatic heterocycles. The number of rotatable bonds is 4. The fourth-order valence-corrected chi connectivity index (χ4v) is 1.76. The van der Waals surface area contributed by atoms with Crippen LogP contribution in [0.1, 0.15) is 25.3 Å². The predicted octanol–water partition coefficient (Wildman–Crippen LogP) is 2.82. The van der Waals surface area contributed by atoms with E-state index in [9.17, 15) is 4.79 Å². The Morgan fingerprint density at radius 1 is 1.56 bits per heavy atom. The van der Waals surface area contributed by atoms with Crippen LogP contribution < -0.4 is 11.1 Å². The minimum Gasteiger partial charge on any atom is -0.324 e. The topological polar surface area (TPSA) is 55.1 Å². The number of hydrogen-bond acceptors (Lipinski definition) is 2. The molecule has 4 heteroatoms. The Morgan fingerprint density at radius 3 is 2.88 bits per heavy atom. The average Bonchev–Trinajstić information content (AvgIpc) is 2.23. The predicted molar refractivity (Wildman–Crippen MR) is 70.4 cm³/mol. The Hall–Kier alpha value is -0.870. The minimum absolute atomic E-state index is 0.122. The van der Waals surface area contributed by atoms with E-state index in [1.807, 2.05) is 32.0 Å². The van der Waals surface area contributed by atoms with Crippen molar-refractivity contribution >= 4 is 27.5 Å². The molecule has 0 heterocycles. The van der Waals surface area contributed by atoms with Crippen molar-refractivity contribution in [1.82, 2.24) is 0 Å². The molecule has 0 aliphatic rings. The molecule has 88 valence electrons. The van der Waals surface area contributed by atoms with Crippen molar-refractivity contribution in [2.45, 2.75) is 32.7 Å². The maximum Gasteiger partial charge on any atom is 0.241 e. The van der Waals surface area contributed by atoms with Crippen molar-refractivity contribution in [1.29, 1.82) is 0 Å². The van der Waals surface area contributed by atoms with E-state index in [1.54, 1.807) is 0 Å². The lowest BCUT2D eigenvalue weighted by Crippen LogP contribution is -2.35. The Labute approximate surface area is 105 Å². The van der Waals surface area contributed by atoms with E-state index in [-0.39, 0.29) is 5.91 Å². The van der Waals surface area contributed by atoms with E-state index in [1.165, 1.54) is 0 Å². The molecule has 16 heavy (non-hydrogen) atoms. The van der Waals surface area contributed by atoms with Crippen LogP contribution in [0.3, 0.4) is 0 Å². The van der Waals surface area contributed by atoms with Gasteiger partial charge < -0.3 is 11.1 Å². The average molecular weight is 285 g/mol. The summed E-state index contributed by atoms with van der Waals surface area (Å²) in [6, 6.07) is 5.34. The van der Waals surface area contributed by atoms with Gasteiger partial charge >= 0.3 is 0 Å². The number of benzene rings is 1. The fourth-order valence-electron chi connectivity index (χ4n) is 1.40. The van der Waals surface area contributed by atoms with Crippen molar-refractivity contribution in [3.8, 4) is 0 Å². The number of halogens is 1. The Balaban J connectivity index is 2.72. The molecule has 1 rings (SSSR count). The van der Waals surface area contributed by atoms with Crippen LogP contribution in [0.4, 0.5) is 5.69 Å². The number of nitrogens with one attached hydrogen (secondary N) is 1. The van der Waals surface area contributed by atoms with Gasteiger partial charge in [0.05, 0.1) is 6.04 Å². The Kier molecular flexibility index (Phi) is 4.96. The molecular weight excluding hydrogens is 268 g/mol. The first-order chi connectivity index (χ1) is 7.54. The third kappa shape index (κ3) is 3.61. The number of amides is 1. The van der Waals surface area contributed by atoms with Crippen molar-refractivity contribution in [2.75, 3.05) is 5.32 Å². The molecular formula is C12H17BrN2O. The first-order valence-corrected chi connectivity index (χ1v) is 6.16. The van der Waals surface area contributed by atoms with Crippen LogP contribution in [0.25, 0.3) is 0 Å². The molecule has 3 N–H and O–H groups in total. The second-order valence-electron chi connectivity index (χ2n) is 3.84. The van der Waals surface area contributed by atoms with Crippen LogP contribution in [-0.2, 0) is 4.79 Å². The van der Waals surface area contributed by atoms with E-state index in [4.69, 9.17) is 5.73 Å². The van der Waals surface area contributed by atoms with Crippen LogP contribution in [0, 0.1) is 6.92 Å². The summed E-state index contributed by atoms with van der Waals surface area (Å²) in [4.78, 5) is 11.7. The fraction of sp³-hybridized carbons (Fsp3) is 0.417. The van der Waals surface area contributed by atoms with E-state index in [0.717, 1.165) is 22.1 Å². The van der Waals surface area contributed by atoms with Gasteiger partial charge in [-0.05, 0) is 31.0 Å². The normalized spacial score (nSPS) is 12.2. The van der Waals surface area contributed by atoms with Gasteiger partial charge in [-0.15, -0.1) is 0 Å². The van der Waals surface area contributed by atoms with Gasteiger partial charge in [-0.3, -0.25) is 4.79 Å². The molecule has 3 nitrogen and oxygen atoms in total. The summed E-state index contributed by atoms with van der Waals surface area (Å²) in [6.07, 6.45) is 1.62. The molecule has 0 aliphatic carbocycles. The monoisotopic (exact) mass is 284 g/mol. The zero-order valence-corrected chi connectivity index (χ0v) is 11.2. The third-order valence-electron chi connectivity index (χ3n) is 2.39. The maximum atomic E-state index is 11.7. The molecule has 1 atom stereocenters. The molecule has 0 radical (unpaired) electrons. The third-order valence-corrected chi connectivity index (χ3v) is 2.89. The van der Waals surface area contributed by atoms with Gasteiger partial charge in [0.15, 0.2) is 0 Å². The smallest absolute Gasteiger partial charge is 0.241 e. The van der Waals surface area contributed by atoms with Crippen molar-refractivity contribution in [2.24, 2.45) is 5.73 Å². The lowest BCUT2D eigenvalue weighted by molar-refractivity contribution is -0.117. The first-order valence-electron chi connectivity index (χ1n) is 5.37. The van der Waals surface area contributed by atoms with Gasteiger partial charge in [-0.25, -0.2) is 0 Å². The summed E-state index contributed by atoms with van der Waals surface area (Å²) in [5.74, 6) is -0.122. The maximum absolute atomic E-state index is 11.7. The van der Waals surface area contributed by atoms with Crippen LogP contribution in [0.2, 0.25) is 0 Å². The lowest BCUT2D eigenvalue weighted by Gasteiger charge is -2.13. The van der Waals surface area contributed by atoms with Crippen LogP contribution >= 0.6 is 15.9 Å². The number of anilines is 1. The molecule has 0 saturated heterocycles. The van der Waals surface area contributed by atoms with Crippen molar-refractivity contribution in [3.05, 3.63) is 28.2 Å². The molecule has 0 fully saturated rings. The van der Waals surface area contributed by atoms with E-state index >= 15 is 0 Å². The van der Waals surface area contributed by atoms with Gasteiger partial charge in [0.2, 0.25) is 5.91 Å². The molecule has 1 aromatic rings. The molecule has 0 saturated carbocycles. The minimum atomic E-state index is -0.427. The van der Waals surface area contributed by atoms with Gasteiger partial charge in [0.25, 0.3) is 0 Å². The molecule has 1 aromatic carbocycles. The molecule has 0 bridgehead atoms. The SMILES string of the molecule is CCCC(N)C(=O)Nc1cc(Br)ccc1C. The molecule has 0 spiro atoms. The van der Waals surface area contributed by atoms with Gasteiger partial charge in [-0.1, -0.05) is 35.3 Å². The Bertz CT molecular complexity index is 379. The summed E-state index contributed by atoms with van der Waals surface area (Å²) in [6.45, 7) is 3.96. The quantitative estimate of drug-likeness (QED) is 0.893. The van der Waals surface area contributed by atoms with Crippen LogP contribution in [0.15, 0.2) is 22.7 Å². The first kappa shape index (κ1) is 13.2. The highest BCUT2D eigenvalue weighted by Gasteiger charge is 2.13. The summed E-state index contributed by atoms with van der Waals surface area (Å²) in [7, 11) is 0. The second kappa shape index (κ2) is 6.01. The number of hydrogen-bond donors (Lipinski definition) is 2. The highest BCUT2D eigenvalue weighted by molar-refractivity contribution is 9.10. The zero-order chi connectivity index (χ0) is 12.1. The van der Waals surface area contributed by atoms with Gasteiger partial charge in [0.1, 0.15) is 0 Å². The standard InChI is InChI=1S/C12H17BrN2O/c1-3-4-10(14)12(16)15-11-7-9(13)6-5-8(11)2/h5-7,10H,3-4,14H2,1-2H3,(H,15,16). The van der Waals surface area contributed by atoms with Crippen molar-refractivity contribution < 1.29 is 4.79 Å². The highest BCUT2D eigenvalue weighted by atomic mass is 79.9. The molecule has 1 unspecified atom stereocenters. The molecule has 1 amide bonds. The summed E-state index contributed by atoms with van der Waals surface area (Å²) in [5, 5.41) is 2.84. The van der Waals surface area contributed by atoms with E-state index < -0.39 is 6.04 Å². The van der Waals surface area contributed by atoms with Gasteiger partial charge in [-0.2, -0.15) is 0 Å². The van der Waals surface area contributed by atoms with E-state index in [0.29, 0.717) is 6.42 Å². The van der Waals surface area contributed by atoms with E-state index in [2.05, 4.69) is 21.2 Å². The summed E-state index contributed by atoms with van der Waals surface area (Å²) < 4.78 is 0.942.